The minimum absolute atomic E-state index is 0.0264. The maximum Gasteiger partial charge on any atom is 0.308 e. The number of carbonyl (C=O) groups excluding carboxylic acids is 1. The number of hydrogen-bond donors (Lipinski definition) is 0. The van der Waals surface area contributed by atoms with E-state index in [1.807, 2.05) is 0 Å². The van der Waals surface area contributed by atoms with Crippen molar-refractivity contribution in [1.29, 1.82) is 0 Å². The van der Waals surface area contributed by atoms with Crippen molar-refractivity contribution in [1.82, 2.24) is 9.47 Å². The van der Waals surface area contributed by atoms with Crippen molar-refractivity contribution < 1.29 is 9.53 Å². The second kappa shape index (κ2) is 7.98. The van der Waals surface area contributed by atoms with Crippen LogP contribution in [0.5, 0.6) is 0 Å². The molecule has 2 aliphatic rings. The van der Waals surface area contributed by atoms with Gasteiger partial charge in [0.15, 0.2) is 0 Å². The molecule has 2 atom stereocenters. The Morgan fingerprint density at radius 1 is 1.24 bits per heavy atom. The number of ether oxygens (including phenoxy) is 1. The summed E-state index contributed by atoms with van der Waals surface area (Å²) in [7, 11) is 2.21. The first-order valence-electron chi connectivity index (χ1n) is 11.2. The number of esters is 1. The molecule has 0 saturated heterocycles. The van der Waals surface area contributed by atoms with Crippen LogP contribution in [0.4, 0.5) is 0 Å². The molecule has 156 valence electrons. The van der Waals surface area contributed by atoms with Crippen molar-refractivity contribution in [3.05, 3.63) is 41.6 Å². The van der Waals surface area contributed by atoms with Crippen molar-refractivity contribution in [2.75, 3.05) is 20.2 Å². The monoisotopic (exact) mass is 394 g/mol. The van der Waals surface area contributed by atoms with Crippen LogP contribution in [0.2, 0.25) is 0 Å². The molecule has 0 fully saturated rings. The van der Waals surface area contributed by atoms with Crippen LogP contribution in [0.15, 0.2) is 30.5 Å². The third kappa shape index (κ3) is 3.52. The molecule has 4 heteroatoms. The van der Waals surface area contributed by atoms with E-state index < -0.39 is 0 Å². The molecular weight excluding hydrogens is 360 g/mol. The summed E-state index contributed by atoms with van der Waals surface area (Å²) in [6.07, 6.45) is 7.49. The van der Waals surface area contributed by atoms with Gasteiger partial charge in [-0.25, -0.2) is 0 Å². The van der Waals surface area contributed by atoms with Gasteiger partial charge < -0.3 is 9.30 Å². The van der Waals surface area contributed by atoms with E-state index in [0.717, 1.165) is 25.8 Å². The van der Waals surface area contributed by atoms with Crippen LogP contribution < -0.4 is 0 Å². The lowest BCUT2D eigenvalue weighted by atomic mass is 9.80. The van der Waals surface area contributed by atoms with E-state index in [9.17, 15) is 4.79 Å². The number of rotatable bonds is 6. The second-order valence-corrected chi connectivity index (χ2v) is 9.04. The highest BCUT2D eigenvalue weighted by Gasteiger charge is 2.34. The molecule has 0 spiro atoms. The summed E-state index contributed by atoms with van der Waals surface area (Å²) >= 11 is 0. The Kier molecular flexibility index (Phi) is 5.56. The van der Waals surface area contributed by atoms with Gasteiger partial charge in [-0.05, 0) is 62.9 Å². The zero-order valence-electron chi connectivity index (χ0n) is 18.4. The Labute approximate surface area is 174 Å². The van der Waals surface area contributed by atoms with Gasteiger partial charge >= 0.3 is 5.97 Å². The van der Waals surface area contributed by atoms with Crippen molar-refractivity contribution in [2.24, 2.45) is 11.8 Å². The molecule has 4 rings (SSSR count). The second-order valence-electron chi connectivity index (χ2n) is 9.04. The fraction of sp³-hybridized carbons (Fsp3) is 0.560. The van der Waals surface area contributed by atoms with E-state index in [-0.39, 0.29) is 17.8 Å². The number of nitrogens with zero attached hydrogens (tertiary/aromatic N) is 2. The molecule has 0 radical (unpaired) electrons. The SMILES string of the molecule is CCC(CC)C(=O)OC[C@@H]1C=C2c3cccc4c3c(cn4C(C)C)C[C@H]2N(C)C1. The standard InChI is InChI=1S/C25H34N2O2/c1-6-18(7-2)25(28)29-15-17-11-21-20-9-8-10-22-24(20)19(14-27(22)16(3)4)12-23(21)26(5)13-17/h8-11,14,16-18,23H,6-7,12-13,15H2,1-5H3/t17-,23-/m1/s1. The van der Waals surface area contributed by atoms with Gasteiger partial charge in [0.05, 0.1) is 12.5 Å². The highest BCUT2D eigenvalue weighted by atomic mass is 16.5. The third-order valence-corrected chi connectivity index (χ3v) is 6.80. The number of hydrogen-bond acceptors (Lipinski definition) is 3. The summed E-state index contributed by atoms with van der Waals surface area (Å²) in [5.74, 6) is 0.229. The topological polar surface area (TPSA) is 34.5 Å². The van der Waals surface area contributed by atoms with Crippen LogP contribution in [0, 0.1) is 11.8 Å². The van der Waals surface area contributed by atoms with Crippen LogP contribution in [0.1, 0.15) is 57.7 Å². The highest BCUT2D eigenvalue weighted by molar-refractivity contribution is 5.98. The normalized spacial score (nSPS) is 21.6. The van der Waals surface area contributed by atoms with Crippen molar-refractivity contribution in [2.45, 2.75) is 59.0 Å². The largest absolute Gasteiger partial charge is 0.465 e. The molecule has 0 unspecified atom stereocenters. The van der Waals surface area contributed by atoms with Crippen molar-refractivity contribution in [3.63, 3.8) is 0 Å². The molecular formula is C25H34N2O2. The van der Waals surface area contributed by atoms with Gasteiger partial charge in [-0.1, -0.05) is 32.1 Å². The fourth-order valence-corrected chi connectivity index (χ4v) is 5.14. The van der Waals surface area contributed by atoms with E-state index in [4.69, 9.17) is 4.74 Å². The quantitative estimate of drug-likeness (QED) is 0.642. The summed E-state index contributed by atoms with van der Waals surface area (Å²) in [6.45, 7) is 10.0. The van der Waals surface area contributed by atoms with E-state index in [2.05, 4.69) is 74.7 Å². The average molecular weight is 395 g/mol. The van der Waals surface area contributed by atoms with Gasteiger partial charge in [0, 0.05) is 41.6 Å². The number of benzene rings is 1. The Morgan fingerprint density at radius 2 is 2.00 bits per heavy atom. The molecule has 0 N–H and O–H groups in total. The summed E-state index contributed by atoms with van der Waals surface area (Å²) in [5, 5.41) is 1.41. The Morgan fingerprint density at radius 3 is 2.69 bits per heavy atom. The Hall–Kier alpha value is -2.07. The summed E-state index contributed by atoms with van der Waals surface area (Å²) in [4.78, 5) is 14.8. The molecule has 1 aromatic heterocycles. The van der Waals surface area contributed by atoms with Gasteiger partial charge in [-0.2, -0.15) is 0 Å². The van der Waals surface area contributed by atoms with Gasteiger partial charge in [0.1, 0.15) is 0 Å². The molecule has 0 saturated carbocycles. The molecule has 0 bridgehead atoms. The maximum atomic E-state index is 12.3. The predicted molar refractivity (Wildman–Crippen MR) is 119 cm³/mol. The van der Waals surface area contributed by atoms with Crippen LogP contribution in [0.3, 0.4) is 0 Å². The summed E-state index contributed by atoms with van der Waals surface area (Å²) in [6, 6.07) is 7.54. The molecule has 0 amide bonds. The molecule has 1 aliphatic carbocycles. The number of carbonyl (C=O) groups is 1. The zero-order valence-corrected chi connectivity index (χ0v) is 18.4. The maximum absolute atomic E-state index is 12.3. The Balaban J connectivity index is 1.65. The zero-order chi connectivity index (χ0) is 20.7. The van der Waals surface area contributed by atoms with Crippen LogP contribution in [-0.2, 0) is 16.0 Å². The molecule has 4 nitrogen and oxygen atoms in total. The first-order valence-corrected chi connectivity index (χ1v) is 11.2. The number of aromatic nitrogens is 1. The molecule has 1 aliphatic heterocycles. The van der Waals surface area contributed by atoms with Crippen LogP contribution in [0.25, 0.3) is 16.5 Å². The number of likely N-dealkylation sites (N-methyl/N-ethyl adjacent to an activating group) is 1. The van der Waals surface area contributed by atoms with Gasteiger partial charge in [-0.3, -0.25) is 9.69 Å². The van der Waals surface area contributed by atoms with E-state index >= 15 is 0 Å². The third-order valence-electron chi connectivity index (χ3n) is 6.80. The lowest BCUT2D eigenvalue weighted by molar-refractivity contribution is -0.149. The molecule has 2 aromatic rings. The van der Waals surface area contributed by atoms with E-state index in [1.165, 1.54) is 27.6 Å². The lowest BCUT2D eigenvalue weighted by Crippen LogP contribution is -2.43. The van der Waals surface area contributed by atoms with Gasteiger partial charge in [0.25, 0.3) is 0 Å². The van der Waals surface area contributed by atoms with Gasteiger partial charge in [-0.15, -0.1) is 0 Å². The van der Waals surface area contributed by atoms with Gasteiger partial charge in [0.2, 0.25) is 0 Å². The van der Waals surface area contributed by atoms with Crippen LogP contribution in [-0.4, -0.2) is 41.7 Å². The molecule has 2 heterocycles. The Bertz CT molecular complexity index is 936. The molecule has 1 aromatic carbocycles. The highest BCUT2D eigenvalue weighted by Crippen LogP contribution is 2.42. The fourth-order valence-electron chi connectivity index (χ4n) is 5.14. The van der Waals surface area contributed by atoms with Crippen molar-refractivity contribution >= 4 is 22.4 Å². The summed E-state index contributed by atoms with van der Waals surface area (Å²) < 4.78 is 8.12. The average Bonchev–Trinajstić information content (AvgIpc) is 3.08. The van der Waals surface area contributed by atoms with Crippen molar-refractivity contribution in [3.8, 4) is 0 Å². The molecule has 29 heavy (non-hydrogen) atoms. The van der Waals surface area contributed by atoms with E-state index in [1.54, 1.807) is 0 Å². The minimum atomic E-state index is -0.0415. The first kappa shape index (κ1) is 20.2. The first-order chi connectivity index (χ1) is 13.9. The lowest BCUT2D eigenvalue weighted by Gasteiger charge is -2.39. The minimum Gasteiger partial charge on any atom is -0.465 e. The van der Waals surface area contributed by atoms with E-state index in [0.29, 0.717) is 18.7 Å². The van der Waals surface area contributed by atoms with Crippen LogP contribution >= 0.6 is 0 Å². The summed E-state index contributed by atoms with van der Waals surface area (Å²) in [5.41, 5.74) is 5.55. The predicted octanol–water partition coefficient (Wildman–Crippen LogP) is 5.07. The number of fused-ring (bicyclic) bond motifs is 2. The smallest absolute Gasteiger partial charge is 0.308 e.